The third-order valence-electron chi connectivity index (χ3n) is 8.19. The van der Waals surface area contributed by atoms with Crippen LogP contribution in [0.15, 0.2) is 23.8 Å². The maximum atomic E-state index is 13.9. The molecule has 6 atom stereocenters. The first-order valence-corrected chi connectivity index (χ1v) is 13.7. The molecule has 3 fully saturated rings. The van der Waals surface area contributed by atoms with Gasteiger partial charge in [0.05, 0.1) is 38.6 Å². The van der Waals surface area contributed by atoms with Gasteiger partial charge < -0.3 is 19.3 Å². The number of methoxy groups -OCH3 is 3. The van der Waals surface area contributed by atoms with Crippen LogP contribution in [0.3, 0.4) is 0 Å². The molecule has 208 valence electrons. The van der Waals surface area contributed by atoms with Crippen LogP contribution in [-0.4, -0.2) is 81.2 Å². The summed E-state index contributed by atoms with van der Waals surface area (Å²) in [6.07, 6.45) is 0.385. The fourth-order valence-corrected chi connectivity index (χ4v) is 7.96. The van der Waals surface area contributed by atoms with E-state index < -0.39 is 63.1 Å². The third kappa shape index (κ3) is 3.43. The van der Waals surface area contributed by atoms with E-state index in [4.69, 9.17) is 32.7 Å². The third-order valence-corrected chi connectivity index (χ3v) is 10.1. The molecule has 0 bridgehead atoms. The van der Waals surface area contributed by atoms with Crippen molar-refractivity contribution in [3.05, 3.63) is 29.3 Å². The highest BCUT2D eigenvalue weighted by Crippen LogP contribution is 2.67. The van der Waals surface area contributed by atoms with Gasteiger partial charge >= 0.3 is 6.09 Å². The second-order valence-electron chi connectivity index (χ2n) is 9.73. The number of carbonyl (C=O) groups excluding carboxylic acids is 5. The molecule has 5 amide bonds. The van der Waals surface area contributed by atoms with E-state index >= 15 is 0 Å². The lowest BCUT2D eigenvalue weighted by molar-refractivity contribution is -0.140. The molecule has 4 aliphatic rings. The van der Waals surface area contributed by atoms with Gasteiger partial charge in [0.2, 0.25) is 11.8 Å². The Morgan fingerprint density at radius 3 is 2.21 bits per heavy atom. The second-order valence-corrected chi connectivity index (χ2v) is 11.5. The second kappa shape index (κ2) is 9.38. The van der Waals surface area contributed by atoms with Gasteiger partial charge in [0, 0.05) is 23.6 Å². The molecule has 2 aliphatic heterocycles. The van der Waals surface area contributed by atoms with Crippen molar-refractivity contribution < 1.29 is 43.3 Å². The lowest BCUT2D eigenvalue weighted by Crippen LogP contribution is -2.60. The minimum atomic E-state index is -2.10. The molecule has 1 saturated carbocycles. The number of fused-ring (bicyclic) bond motifs is 4. The lowest BCUT2D eigenvalue weighted by atomic mass is 9.56. The van der Waals surface area contributed by atoms with Gasteiger partial charge in [-0.2, -0.15) is 4.90 Å². The van der Waals surface area contributed by atoms with Gasteiger partial charge in [-0.1, -0.05) is 27.6 Å². The molecule has 39 heavy (non-hydrogen) atoms. The maximum absolute atomic E-state index is 13.9. The van der Waals surface area contributed by atoms with Gasteiger partial charge in [0.15, 0.2) is 9.75 Å². The van der Waals surface area contributed by atoms with Crippen LogP contribution in [0.25, 0.3) is 0 Å². The quantitative estimate of drug-likeness (QED) is 0.227. The van der Waals surface area contributed by atoms with E-state index in [0.29, 0.717) is 10.5 Å². The first-order valence-electron chi connectivity index (χ1n) is 11.8. The zero-order valence-corrected chi connectivity index (χ0v) is 24.0. The molecule has 1 aromatic carbocycles. The number of hydrogen-bond acceptors (Lipinski definition) is 9. The van der Waals surface area contributed by atoms with Gasteiger partial charge in [0.25, 0.3) is 11.8 Å². The summed E-state index contributed by atoms with van der Waals surface area (Å²) >= 11 is 17.5. The summed E-state index contributed by atoms with van der Waals surface area (Å²) in [5, 5.41) is 10.3. The SMILES string of the molecule is COC(=O)N1C(=O)C2CC=C3C(CC4(Cl)C(=O)N(CBr)C(=O)C4(Cl)C3c3c(OC)cc(O)cc3OC)C2C1=O. The molecule has 0 spiro atoms. The standard InChI is InChI=1S/C25H23BrCl2N2O9/c1-37-14-6-10(31)7-15(38-2)17(14)18-11-4-5-12-16(20(33)30(19(12)32)23(36)39-3)13(11)8-24(27)21(34)29(9-26)22(35)25(18,24)28/h4,6-7,12-13,16,18,31H,5,8-9H2,1-3H3. The number of hydrogen-bond donors (Lipinski definition) is 1. The molecule has 2 aliphatic carbocycles. The first kappa shape index (κ1) is 27.7. The Hall–Kier alpha value is -2.83. The Bertz CT molecular complexity index is 1340. The smallest absolute Gasteiger partial charge is 0.423 e. The van der Waals surface area contributed by atoms with Crippen molar-refractivity contribution in [1.82, 2.24) is 9.80 Å². The summed E-state index contributed by atoms with van der Waals surface area (Å²) < 4.78 is 15.8. The lowest BCUT2D eigenvalue weighted by Gasteiger charge is -2.51. The number of likely N-dealkylation sites (tertiary alicyclic amines) is 2. The number of carbonyl (C=O) groups is 5. The molecule has 0 aromatic heterocycles. The van der Waals surface area contributed by atoms with E-state index in [2.05, 4.69) is 20.7 Å². The number of aromatic hydroxyl groups is 1. The van der Waals surface area contributed by atoms with Gasteiger partial charge in [0.1, 0.15) is 17.2 Å². The van der Waals surface area contributed by atoms with Gasteiger partial charge in [-0.25, -0.2) is 4.79 Å². The van der Waals surface area contributed by atoms with Crippen molar-refractivity contribution in [3.8, 4) is 17.2 Å². The van der Waals surface area contributed by atoms with E-state index in [0.717, 1.165) is 12.0 Å². The average molecular weight is 646 g/mol. The number of rotatable bonds is 4. The van der Waals surface area contributed by atoms with Crippen LogP contribution in [0.2, 0.25) is 0 Å². The summed E-state index contributed by atoms with van der Waals surface area (Å²) in [6.45, 7) is 0. The molecule has 11 nitrogen and oxygen atoms in total. The molecule has 5 rings (SSSR count). The van der Waals surface area contributed by atoms with E-state index in [9.17, 15) is 29.1 Å². The Kier molecular flexibility index (Phi) is 6.67. The Morgan fingerprint density at radius 1 is 1.05 bits per heavy atom. The maximum Gasteiger partial charge on any atom is 0.423 e. The van der Waals surface area contributed by atoms with Crippen molar-refractivity contribution in [3.63, 3.8) is 0 Å². The van der Waals surface area contributed by atoms with Crippen LogP contribution in [-0.2, 0) is 23.9 Å². The number of nitrogens with zero attached hydrogens (tertiary/aromatic N) is 2. The molecule has 1 N–H and O–H groups in total. The fraction of sp³-hybridized carbons (Fsp3) is 0.480. The van der Waals surface area contributed by atoms with Crippen molar-refractivity contribution in [2.75, 3.05) is 26.8 Å². The summed E-state index contributed by atoms with van der Waals surface area (Å²) in [5.41, 5.74) is 0.509. The summed E-state index contributed by atoms with van der Waals surface area (Å²) in [7, 11) is 3.75. The molecule has 6 unspecified atom stereocenters. The van der Waals surface area contributed by atoms with Crippen LogP contribution in [0.5, 0.6) is 17.2 Å². The number of ether oxygens (including phenoxy) is 3. The number of halogens is 3. The highest BCUT2D eigenvalue weighted by molar-refractivity contribution is 9.09. The van der Waals surface area contributed by atoms with Crippen molar-refractivity contribution in [2.45, 2.75) is 28.5 Å². The van der Waals surface area contributed by atoms with Crippen LogP contribution in [0.4, 0.5) is 4.79 Å². The number of imide groups is 4. The van der Waals surface area contributed by atoms with Crippen LogP contribution in [0.1, 0.15) is 24.3 Å². The summed E-state index contributed by atoms with van der Waals surface area (Å²) in [4.78, 5) is 63.7. The van der Waals surface area contributed by atoms with E-state index in [1.807, 2.05) is 0 Å². The molecular weight excluding hydrogens is 623 g/mol. The average Bonchev–Trinajstić information content (AvgIpc) is 3.25. The molecule has 1 aromatic rings. The normalized spacial score (nSPS) is 33.4. The van der Waals surface area contributed by atoms with Crippen molar-refractivity contribution in [2.24, 2.45) is 17.8 Å². The molecule has 2 heterocycles. The van der Waals surface area contributed by atoms with Crippen molar-refractivity contribution >= 4 is 68.9 Å². The first-order chi connectivity index (χ1) is 18.4. The number of allylic oxidation sites excluding steroid dienone is 2. The Balaban J connectivity index is 1.79. The summed E-state index contributed by atoms with van der Waals surface area (Å²) in [6, 6.07) is 2.60. The summed E-state index contributed by atoms with van der Waals surface area (Å²) in [5.74, 6) is -7.05. The van der Waals surface area contributed by atoms with Crippen LogP contribution < -0.4 is 9.47 Å². The Labute approximate surface area is 241 Å². The van der Waals surface area contributed by atoms with Crippen LogP contribution in [0, 0.1) is 17.8 Å². The van der Waals surface area contributed by atoms with Crippen molar-refractivity contribution in [1.29, 1.82) is 0 Å². The Morgan fingerprint density at radius 2 is 1.67 bits per heavy atom. The number of phenolic OH excluding ortho intramolecular Hbond substituents is 1. The van der Waals surface area contributed by atoms with E-state index in [-0.39, 0.29) is 41.1 Å². The zero-order valence-electron chi connectivity index (χ0n) is 20.9. The van der Waals surface area contributed by atoms with Gasteiger partial charge in [-0.05, 0) is 18.8 Å². The monoisotopic (exact) mass is 644 g/mol. The van der Waals surface area contributed by atoms with Gasteiger partial charge in [-0.3, -0.25) is 24.1 Å². The molecule has 0 radical (unpaired) electrons. The zero-order chi connectivity index (χ0) is 28.6. The number of phenols is 1. The van der Waals surface area contributed by atoms with Gasteiger partial charge in [-0.15, -0.1) is 23.2 Å². The number of amides is 5. The fourth-order valence-electron chi connectivity index (χ4n) is 6.55. The van der Waals surface area contributed by atoms with E-state index in [1.54, 1.807) is 6.08 Å². The minimum absolute atomic E-state index is 0.0559. The minimum Gasteiger partial charge on any atom is -0.508 e. The predicted molar refractivity (Wildman–Crippen MR) is 139 cm³/mol. The molecule has 2 saturated heterocycles. The van der Waals surface area contributed by atoms with Crippen LogP contribution >= 0.6 is 39.1 Å². The molecular formula is C25H23BrCl2N2O9. The highest BCUT2D eigenvalue weighted by Gasteiger charge is 2.77. The topological polar surface area (TPSA) is 140 Å². The molecule has 14 heteroatoms. The highest BCUT2D eigenvalue weighted by atomic mass is 79.9. The largest absolute Gasteiger partial charge is 0.508 e. The number of benzene rings is 1. The van der Waals surface area contributed by atoms with E-state index in [1.165, 1.54) is 26.4 Å². The predicted octanol–water partition coefficient (Wildman–Crippen LogP) is 2.89. The number of alkyl halides is 3.